The molecule has 0 atom stereocenters. The van der Waals surface area contributed by atoms with E-state index in [0.717, 1.165) is 11.1 Å². The number of aryl methyl sites for hydroxylation is 1. The Kier molecular flexibility index (Phi) is 11.5. The lowest BCUT2D eigenvalue weighted by atomic mass is 9.95. The molecule has 0 saturated carbocycles. The maximum absolute atomic E-state index is 13.8. The molecule has 0 aromatic heterocycles. The number of ketones is 1. The number of carbonyl (C=O) groups excluding carboxylic acids is 1. The van der Waals surface area contributed by atoms with Crippen molar-refractivity contribution in [3.05, 3.63) is 85.3 Å². The maximum atomic E-state index is 13.8. The van der Waals surface area contributed by atoms with Gasteiger partial charge in [-0.3, -0.25) is 9.59 Å². The van der Waals surface area contributed by atoms with Crippen molar-refractivity contribution in [3.63, 3.8) is 0 Å². The molecule has 0 fully saturated rings. The molecule has 0 bridgehead atoms. The van der Waals surface area contributed by atoms with Crippen LogP contribution >= 0.6 is 31.9 Å². The molecule has 9 heteroatoms. The highest BCUT2D eigenvalue weighted by molar-refractivity contribution is 9.11. The zero-order chi connectivity index (χ0) is 28.5. The number of carboxylic acid groups (broad SMARTS) is 1. The summed E-state index contributed by atoms with van der Waals surface area (Å²) in [4.78, 5) is 25.0. The van der Waals surface area contributed by atoms with Gasteiger partial charge < -0.3 is 24.1 Å². The fourth-order valence-electron chi connectivity index (χ4n) is 3.91. The van der Waals surface area contributed by atoms with E-state index in [4.69, 9.17) is 18.9 Å². The summed E-state index contributed by atoms with van der Waals surface area (Å²) in [5.41, 5.74) is 3.31. The topological polar surface area (TPSA) is 91.3 Å². The van der Waals surface area contributed by atoms with E-state index in [1.165, 1.54) is 0 Å². The van der Waals surface area contributed by atoms with Crippen LogP contribution in [-0.2, 0) is 20.7 Å². The molecule has 0 heterocycles. The smallest absolute Gasteiger partial charge is 0.307 e. The van der Waals surface area contributed by atoms with Crippen LogP contribution in [-0.4, -0.2) is 50.4 Å². The van der Waals surface area contributed by atoms with Crippen molar-refractivity contribution in [3.8, 4) is 17.2 Å². The Balaban J connectivity index is 2.05. The molecule has 3 aromatic rings. The average Bonchev–Trinajstić information content (AvgIpc) is 2.87. The molecular formula is C30H32Br2O7. The van der Waals surface area contributed by atoms with Gasteiger partial charge in [-0.2, -0.15) is 0 Å². The van der Waals surface area contributed by atoms with Gasteiger partial charge in [0.05, 0.1) is 40.8 Å². The quantitative estimate of drug-likeness (QED) is 0.143. The largest absolute Gasteiger partial charge is 0.491 e. The Hall–Kier alpha value is -2.72. The summed E-state index contributed by atoms with van der Waals surface area (Å²) in [5, 5.41) is 9.18. The number of hydrogen-bond acceptors (Lipinski definition) is 6. The molecule has 0 radical (unpaired) electrons. The molecule has 0 aliphatic rings. The van der Waals surface area contributed by atoms with Gasteiger partial charge in [0.1, 0.15) is 18.1 Å². The van der Waals surface area contributed by atoms with Crippen molar-refractivity contribution in [2.24, 2.45) is 0 Å². The minimum absolute atomic E-state index is 0.0738. The number of aliphatic carboxylic acids is 1. The number of halogens is 2. The van der Waals surface area contributed by atoms with Crippen LogP contribution in [0.2, 0.25) is 0 Å². The highest BCUT2D eigenvalue weighted by atomic mass is 79.9. The fourth-order valence-corrected chi connectivity index (χ4v) is 5.35. The average molecular weight is 664 g/mol. The van der Waals surface area contributed by atoms with Gasteiger partial charge in [-0.1, -0.05) is 37.6 Å². The van der Waals surface area contributed by atoms with Crippen molar-refractivity contribution < 1.29 is 33.6 Å². The molecule has 0 amide bonds. The van der Waals surface area contributed by atoms with Gasteiger partial charge in [-0.05, 0) is 80.6 Å². The van der Waals surface area contributed by atoms with Crippen LogP contribution in [0.25, 0.3) is 0 Å². The van der Waals surface area contributed by atoms with Gasteiger partial charge in [0, 0.05) is 18.2 Å². The lowest BCUT2D eigenvalue weighted by Gasteiger charge is -2.20. The van der Waals surface area contributed by atoms with E-state index in [1.54, 1.807) is 31.4 Å². The lowest BCUT2D eigenvalue weighted by Crippen LogP contribution is -2.12. The number of ether oxygens (including phenoxy) is 4. The predicted molar refractivity (Wildman–Crippen MR) is 157 cm³/mol. The van der Waals surface area contributed by atoms with Gasteiger partial charge >= 0.3 is 5.97 Å². The van der Waals surface area contributed by atoms with Crippen LogP contribution < -0.4 is 9.47 Å². The second-order valence-electron chi connectivity index (χ2n) is 9.25. The Morgan fingerprint density at radius 3 is 2.23 bits per heavy atom. The molecule has 0 saturated heterocycles. The third kappa shape index (κ3) is 8.63. The minimum Gasteiger partial charge on any atom is -0.491 e. The standard InChI is InChI=1S/C30H32Br2O7/c1-18(2)22-16-27(39-30-24(31)13-20(14-25(30)32)15-28(33)34)23(29(35)21-7-5-6-19(3)12-21)17-26(22)38-11-10-37-9-8-36-4/h5-7,12-14,16-18H,8-11,15H2,1-4H3,(H,33,34). The number of carboxylic acids is 1. The van der Waals surface area contributed by atoms with Crippen LogP contribution in [0.3, 0.4) is 0 Å². The minimum atomic E-state index is -0.935. The molecule has 208 valence electrons. The van der Waals surface area contributed by atoms with Gasteiger partial charge in [0.15, 0.2) is 11.5 Å². The van der Waals surface area contributed by atoms with Crippen LogP contribution in [0.15, 0.2) is 57.5 Å². The summed E-state index contributed by atoms with van der Waals surface area (Å²) in [7, 11) is 1.62. The summed E-state index contributed by atoms with van der Waals surface area (Å²) in [5.74, 6) is 0.302. The summed E-state index contributed by atoms with van der Waals surface area (Å²) < 4.78 is 24.1. The van der Waals surface area contributed by atoms with Gasteiger partial charge in [-0.25, -0.2) is 0 Å². The molecule has 0 aliphatic heterocycles. The molecule has 39 heavy (non-hydrogen) atoms. The van der Waals surface area contributed by atoms with Crippen molar-refractivity contribution in [2.75, 3.05) is 33.5 Å². The molecule has 1 N–H and O–H groups in total. The monoisotopic (exact) mass is 662 g/mol. The molecule has 0 unspecified atom stereocenters. The SMILES string of the molecule is COCCOCCOc1cc(C(=O)c2cccc(C)c2)c(Oc2c(Br)cc(CC(=O)O)cc2Br)cc1C(C)C. The molecule has 7 nitrogen and oxygen atoms in total. The summed E-state index contributed by atoms with van der Waals surface area (Å²) >= 11 is 7.01. The maximum Gasteiger partial charge on any atom is 0.307 e. The van der Waals surface area contributed by atoms with Crippen LogP contribution in [0, 0.1) is 6.92 Å². The third-order valence-electron chi connectivity index (χ3n) is 5.80. The van der Waals surface area contributed by atoms with Crippen LogP contribution in [0.4, 0.5) is 0 Å². The van der Waals surface area contributed by atoms with Crippen molar-refractivity contribution in [2.45, 2.75) is 33.1 Å². The first-order valence-electron chi connectivity index (χ1n) is 12.5. The summed E-state index contributed by atoms with van der Waals surface area (Å²) in [6.45, 7) is 7.66. The number of methoxy groups -OCH3 is 1. The van der Waals surface area contributed by atoms with E-state index < -0.39 is 5.97 Å². The highest BCUT2D eigenvalue weighted by Gasteiger charge is 2.23. The van der Waals surface area contributed by atoms with E-state index in [-0.39, 0.29) is 18.1 Å². The highest BCUT2D eigenvalue weighted by Crippen LogP contribution is 2.42. The van der Waals surface area contributed by atoms with Gasteiger partial charge in [0.2, 0.25) is 0 Å². The van der Waals surface area contributed by atoms with Crippen LogP contribution in [0.1, 0.15) is 52.4 Å². The van der Waals surface area contributed by atoms with E-state index in [9.17, 15) is 14.7 Å². The predicted octanol–water partition coefficient (Wildman–Crippen LogP) is 7.34. The summed E-state index contributed by atoms with van der Waals surface area (Å²) in [6, 6.07) is 14.3. The first kappa shape index (κ1) is 30.8. The van der Waals surface area contributed by atoms with Crippen molar-refractivity contribution in [1.29, 1.82) is 0 Å². The molecule has 3 rings (SSSR count). The van der Waals surface area contributed by atoms with E-state index >= 15 is 0 Å². The third-order valence-corrected chi connectivity index (χ3v) is 6.98. The molecule has 0 spiro atoms. The molecule has 3 aromatic carbocycles. The number of hydrogen-bond donors (Lipinski definition) is 1. The van der Waals surface area contributed by atoms with Gasteiger partial charge in [-0.15, -0.1) is 0 Å². The zero-order valence-electron chi connectivity index (χ0n) is 22.4. The van der Waals surface area contributed by atoms with E-state index in [1.807, 2.05) is 45.0 Å². The normalized spacial score (nSPS) is 11.1. The van der Waals surface area contributed by atoms with E-state index in [2.05, 4.69) is 31.9 Å². The Bertz CT molecular complexity index is 1300. The van der Waals surface area contributed by atoms with Crippen LogP contribution in [0.5, 0.6) is 17.2 Å². The second kappa shape index (κ2) is 14.6. The fraction of sp³-hybridized carbons (Fsp3) is 0.333. The van der Waals surface area contributed by atoms with E-state index in [0.29, 0.717) is 69.3 Å². The number of carbonyl (C=O) groups is 2. The Morgan fingerprint density at radius 2 is 1.62 bits per heavy atom. The number of benzene rings is 3. The first-order valence-corrected chi connectivity index (χ1v) is 14.1. The molecule has 0 aliphatic carbocycles. The summed E-state index contributed by atoms with van der Waals surface area (Å²) in [6.07, 6.45) is -0.132. The zero-order valence-corrected chi connectivity index (χ0v) is 25.6. The second-order valence-corrected chi connectivity index (χ2v) is 11.0. The first-order chi connectivity index (χ1) is 18.6. The Morgan fingerprint density at radius 1 is 0.923 bits per heavy atom. The van der Waals surface area contributed by atoms with Crippen molar-refractivity contribution >= 4 is 43.6 Å². The van der Waals surface area contributed by atoms with Gasteiger partial charge in [0.25, 0.3) is 0 Å². The number of rotatable bonds is 14. The Labute approximate surface area is 245 Å². The lowest BCUT2D eigenvalue weighted by molar-refractivity contribution is -0.136. The molecular weight excluding hydrogens is 632 g/mol. The van der Waals surface area contributed by atoms with Crippen molar-refractivity contribution in [1.82, 2.24) is 0 Å².